The fourth-order valence-electron chi connectivity index (χ4n) is 1.12. The summed E-state index contributed by atoms with van der Waals surface area (Å²) in [5.74, 6) is 0. The summed E-state index contributed by atoms with van der Waals surface area (Å²) < 4.78 is 0. The molecule has 0 saturated carbocycles. The summed E-state index contributed by atoms with van der Waals surface area (Å²) in [6.07, 6.45) is 0.940. The van der Waals surface area contributed by atoms with Gasteiger partial charge in [-0.15, -0.1) is 0 Å². The van der Waals surface area contributed by atoms with Crippen molar-refractivity contribution < 1.29 is 4.79 Å². The molecule has 15 heavy (non-hydrogen) atoms. The number of nitrogens with two attached hydrogens (primary N) is 1. The molecule has 0 atom stereocenters. The first-order chi connectivity index (χ1) is 7.22. The van der Waals surface area contributed by atoms with Crippen LogP contribution in [-0.2, 0) is 6.54 Å². The van der Waals surface area contributed by atoms with E-state index in [1.165, 1.54) is 0 Å². The van der Waals surface area contributed by atoms with Gasteiger partial charge < -0.3 is 16.4 Å². The first kappa shape index (κ1) is 11.4. The second-order valence-corrected chi connectivity index (χ2v) is 3.35. The molecule has 0 radical (unpaired) electrons. The Hall–Kier alpha value is -1.71. The number of amides is 2. The van der Waals surface area contributed by atoms with Crippen LogP contribution < -0.4 is 16.4 Å². The number of nitrogen functional groups attached to an aromatic ring is 1. The molecule has 0 aliphatic heterocycles. The van der Waals surface area contributed by atoms with Gasteiger partial charge in [0.15, 0.2) is 0 Å². The van der Waals surface area contributed by atoms with Crippen molar-refractivity contribution in [2.75, 3.05) is 12.3 Å². The van der Waals surface area contributed by atoms with Gasteiger partial charge in [-0.2, -0.15) is 0 Å². The van der Waals surface area contributed by atoms with E-state index in [2.05, 4.69) is 10.6 Å². The Morgan fingerprint density at radius 2 is 1.93 bits per heavy atom. The van der Waals surface area contributed by atoms with Crippen LogP contribution in [0, 0.1) is 0 Å². The lowest BCUT2D eigenvalue weighted by atomic mass is 10.2. The van der Waals surface area contributed by atoms with Gasteiger partial charge in [0.1, 0.15) is 0 Å². The van der Waals surface area contributed by atoms with Gasteiger partial charge in [0, 0.05) is 18.8 Å². The largest absolute Gasteiger partial charge is 0.399 e. The van der Waals surface area contributed by atoms with Gasteiger partial charge in [0.2, 0.25) is 0 Å². The molecule has 0 aliphatic carbocycles. The van der Waals surface area contributed by atoms with Gasteiger partial charge in [-0.05, 0) is 24.1 Å². The first-order valence-electron chi connectivity index (χ1n) is 5.08. The molecular formula is C11H17N3O. The maximum Gasteiger partial charge on any atom is 0.315 e. The number of rotatable bonds is 4. The molecule has 4 heteroatoms. The van der Waals surface area contributed by atoms with Crippen molar-refractivity contribution in [3.05, 3.63) is 29.8 Å². The Labute approximate surface area is 89.9 Å². The summed E-state index contributed by atoms with van der Waals surface area (Å²) in [5.41, 5.74) is 7.32. The minimum Gasteiger partial charge on any atom is -0.399 e. The summed E-state index contributed by atoms with van der Waals surface area (Å²) in [6, 6.07) is 7.31. The van der Waals surface area contributed by atoms with Crippen molar-refractivity contribution >= 4 is 11.7 Å². The summed E-state index contributed by atoms with van der Waals surface area (Å²) in [5, 5.41) is 5.50. The molecule has 0 heterocycles. The maximum atomic E-state index is 11.2. The number of anilines is 1. The number of urea groups is 1. The third-order valence-corrected chi connectivity index (χ3v) is 1.97. The quantitative estimate of drug-likeness (QED) is 0.655. The smallest absolute Gasteiger partial charge is 0.315 e. The average molecular weight is 207 g/mol. The molecule has 1 rings (SSSR count). The van der Waals surface area contributed by atoms with Crippen LogP contribution in [0.4, 0.5) is 10.5 Å². The van der Waals surface area contributed by atoms with Crippen molar-refractivity contribution in [2.45, 2.75) is 19.9 Å². The number of benzene rings is 1. The van der Waals surface area contributed by atoms with Crippen molar-refractivity contribution in [1.29, 1.82) is 0 Å². The van der Waals surface area contributed by atoms with E-state index in [0.29, 0.717) is 13.1 Å². The predicted octanol–water partition coefficient (Wildman–Crippen LogP) is 1.48. The highest BCUT2D eigenvalue weighted by Gasteiger charge is 1.98. The van der Waals surface area contributed by atoms with Crippen molar-refractivity contribution in [3.63, 3.8) is 0 Å². The second-order valence-electron chi connectivity index (χ2n) is 3.35. The molecule has 0 spiro atoms. The lowest BCUT2D eigenvalue weighted by Crippen LogP contribution is -2.35. The fourth-order valence-corrected chi connectivity index (χ4v) is 1.12. The molecule has 4 nitrogen and oxygen atoms in total. The van der Waals surface area contributed by atoms with Crippen molar-refractivity contribution in [1.82, 2.24) is 10.6 Å². The minimum atomic E-state index is -0.131. The fraction of sp³-hybridized carbons (Fsp3) is 0.364. The van der Waals surface area contributed by atoms with E-state index in [9.17, 15) is 4.79 Å². The highest BCUT2D eigenvalue weighted by Crippen LogP contribution is 2.04. The average Bonchev–Trinajstić information content (AvgIpc) is 2.25. The predicted molar refractivity (Wildman–Crippen MR) is 61.4 cm³/mol. The maximum absolute atomic E-state index is 11.2. The van der Waals surface area contributed by atoms with Crippen LogP contribution in [0.3, 0.4) is 0 Å². The van der Waals surface area contributed by atoms with Gasteiger partial charge >= 0.3 is 6.03 Å². The molecule has 0 fully saturated rings. The Morgan fingerprint density at radius 3 is 2.53 bits per heavy atom. The van der Waals surface area contributed by atoms with E-state index >= 15 is 0 Å². The van der Waals surface area contributed by atoms with E-state index in [1.54, 1.807) is 0 Å². The van der Waals surface area contributed by atoms with Gasteiger partial charge in [0.25, 0.3) is 0 Å². The van der Waals surface area contributed by atoms with Crippen LogP contribution in [0.5, 0.6) is 0 Å². The number of carbonyl (C=O) groups is 1. The van der Waals surface area contributed by atoms with Crippen molar-refractivity contribution in [3.8, 4) is 0 Å². The zero-order valence-corrected chi connectivity index (χ0v) is 8.92. The third-order valence-electron chi connectivity index (χ3n) is 1.97. The van der Waals surface area contributed by atoms with Gasteiger partial charge in [0.05, 0.1) is 0 Å². The second kappa shape index (κ2) is 5.90. The van der Waals surface area contributed by atoms with E-state index in [4.69, 9.17) is 5.73 Å². The molecule has 0 aliphatic rings. The van der Waals surface area contributed by atoms with Crippen LogP contribution in [0.2, 0.25) is 0 Å². The van der Waals surface area contributed by atoms with E-state index in [1.807, 2.05) is 31.2 Å². The van der Waals surface area contributed by atoms with Crippen LogP contribution >= 0.6 is 0 Å². The van der Waals surface area contributed by atoms with Crippen LogP contribution in [0.15, 0.2) is 24.3 Å². The van der Waals surface area contributed by atoms with Crippen LogP contribution in [0.1, 0.15) is 18.9 Å². The Bertz CT molecular complexity index is 308. The molecule has 0 unspecified atom stereocenters. The van der Waals surface area contributed by atoms with E-state index < -0.39 is 0 Å². The number of carbonyl (C=O) groups excluding carboxylic acids is 1. The molecule has 0 bridgehead atoms. The molecule has 82 valence electrons. The normalized spacial score (nSPS) is 9.67. The summed E-state index contributed by atoms with van der Waals surface area (Å²) >= 11 is 0. The Balaban J connectivity index is 2.30. The van der Waals surface area contributed by atoms with Gasteiger partial charge in [-0.1, -0.05) is 19.1 Å². The molecule has 2 amide bonds. The SMILES string of the molecule is CCCNC(=O)NCc1ccc(N)cc1. The Morgan fingerprint density at radius 1 is 1.27 bits per heavy atom. The van der Waals surface area contributed by atoms with Crippen LogP contribution in [-0.4, -0.2) is 12.6 Å². The topological polar surface area (TPSA) is 67.2 Å². The summed E-state index contributed by atoms with van der Waals surface area (Å²) in [7, 11) is 0. The minimum absolute atomic E-state index is 0.131. The monoisotopic (exact) mass is 207 g/mol. The lowest BCUT2D eigenvalue weighted by molar-refractivity contribution is 0.240. The summed E-state index contributed by atoms with van der Waals surface area (Å²) in [6.45, 7) is 3.24. The lowest BCUT2D eigenvalue weighted by Gasteiger charge is -2.06. The third kappa shape index (κ3) is 4.35. The molecule has 0 saturated heterocycles. The zero-order valence-electron chi connectivity index (χ0n) is 8.92. The number of nitrogens with one attached hydrogen (secondary N) is 2. The zero-order chi connectivity index (χ0) is 11.1. The van der Waals surface area contributed by atoms with Crippen LogP contribution in [0.25, 0.3) is 0 Å². The number of hydrogen-bond acceptors (Lipinski definition) is 2. The molecule has 1 aromatic rings. The van der Waals surface area contributed by atoms with Gasteiger partial charge in [-0.25, -0.2) is 4.79 Å². The number of hydrogen-bond donors (Lipinski definition) is 3. The van der Waals surface area contributed by atoms with Gasteiger partial charge in [-0.3, -0.25) is 0 Å². The van der Waals surface area contributed by atoms with Crippen molar-refractivity contribution in [2.24, 2.45) is 0 Å². The van der Waals surface area contributed by atoms with E-state index in [0.717, 1.165) is 17.7 Å². The molecule has 0 aromatic heterocycles. The highest BCUT2D eigenvalue weighted by molar-refractivity contribution is 5.73. The molecular weight excluding hydrogens is 190 g/mol. The van der Waals surface area contributed by atoms with E-state index in [-0.39, 0.29) is 6.03 Å². The highest BCUT2D eigenvalue weighted by atomic mass is 16.2. The Kier molecular flexibility index (Phi) is 4.47. The first-order valence-corrected chi connectivity index (χ1v) is 5.08. The molecule has 1 aromatic carbocycles. The molecule has 4 N–H and O–H groups in total. The standard InChI is InChI=1S/C11H17N3O/c1-2-7-13-11(15)14-8-9-3-5-10(12)6-4-9/h3-6H,2,7-8,12H2,1H3,(H2,13,14,15). The summed E-state index contributed by atoms with van der Waals surface area (Å²) in [4.78, 5) is 11.2.